The molecule has 15 heavy (non-hydrogen) atoms. The van der Waals surface area contributed by atoms with E-state index in [1.54, 1.807) is 0 Å². The van der Waals surface area contributed by atoms with Crippen LogP contribution in [0.25, 0.3) is 0 Å². The second-order valence-electron chi connectivity index (χ2n) is 4.51. The number of carbonyl (C=O) groups excluding carboxylic acids is 1. The van der Waals surface area contributed by atoms with E-state index in [4.69, 9.17) is 11.6 Å². The van der Waals surface area contributed by atoms with Crippen molar-refractivity contribution in [1.82, 2.24) is 5.32 Å². The molecule has 1 aromatic rings. The van der Waals surface area contributed by atoms with E-state index in [1.165, 1.54) is 0 Å². The minimum absolute atomic E-state index is 0.157. The Hall–Kier alpha value is -1.02. The molecule has 82 valence electrons. The summed E-state index contributed by atoms with van der Waals surface area (Å²) in [7, 11) is 0. The molecule has 0 aliphatic heterocycles. The Morgan fingerprint density at radius 3 is 2.27 bits per heavy atom. The Bertz CT molecular complexity index is 329. The second kappa shape index (κ2) is 4.67. The van der Waals surface area contributed by atoms with Crippen LogP contribution in [0, 0.1) is 0 Å². The van der Waals surface area contributed by atoms with Crippen LogP contribution in [0.1, 0.15) is 31.7 Å². The molecule has 1 N–H and O–H groups in total. The average molecular weight is 226 g/mol. The highest BCUT2D eigenvalue weighted by molar-refractivity contribution is 6.30. The molecule has 0 saturated carbocycles. The van der Waals surface area contributed by atoms with Crippen molar-refractivity contribution in [3.05, 3.63) is 35.9 Å². The van der Waals surface area contributed by atoms with E-state index >= 15 is 0 Å². The van der Waals surface area contributed by atoms with Crippen molar-refractivity contribution in [2.24, 2.45) is 0 Å². The third-order valence-corrected chi connectivity index (χ3v) is 2.27. The van der Waals surface area contributed by atoms with Crippen molar-refractivity contribution in [2.45, 2.75) is 31.7 Å². The molecule has 2 nitrogen and oxygen atoms in total. The number of carbonyl (C=O) groups is 1. The van der Waals surface area contributed by atoms with Crippen LogP contribution in [0.3, 0.4) is 0 Å². The van der Waals surface area contributed by atoms with E-state index in [0.29, 0.717) is 0 Å². The predicted octanol–water partition coefficient (Wildman–Crippen LogP) is 2.88. The fourth-order valence-electron chi connectivity index (χ4n) is 1.21. The number of benzene rings is 1. The van der Waals surface area contributed by atoms with Gasteiger partial charge in [0.15, 0.2) is 0 Å². The molecule has 0 unspecified atom stereocenters. The number of halogens is 1. The Morgan fingerprint density at radius 2 is 1.80 bits per heavy atom. The largest absolute Gasteiger partial charge is 0.350 e. The minimum atomic E-state index is -0.620. The maximum atomic E-state index is 11.7. The zero-order valence-electron chi connectivity index (χ0n) is 9.25. The number of hydrogen-bond donors (Lipinski definition) is 1. The van der Waals surface area contributed by atoms with Crippen LogP contribution in [0.15, 0.2) is 30.3 Å². The predicted molar refractivity (Wildman–Crippen MR) is 62.9 cm³/mol. The highest BCUT2D eigenvalue weighted by Gasteiger charge is 2.21. The molecule has 0 heterocycles. The molecule has 0 spiro atoms. The summed E-state index contributed by atoms with van der Waals surface area (Å²) in [4.78, 5) is 11.7. The molecule has 0 radical (unpaired) electrons. The topological polar surface area (TPSA) is 29.1 Å². The Balaban J connectivity index is 2.70. The molecule has 1 amide bonds. The van der Waals surface area contributed by atoms with Gasteiger partial charge in [0.05, 0.1) is 0 Å². The van der Waals surface area contributed by atoms with Gasteiger partial charge in [0.2, 0.25) is 5.91 Å². The summed E-state index contributed by atoms with van der Waals surface area (Å²) in [6.07, 6.45) is 0. The first-order valence-electron chi connectivity index (χ1n) is 4.91. The van der Waals surface area contributed by atoms with E-state index in [9.17, 15) is 4.79 Å². The van der Waals surface area contributed by atoms with Gasteiger partial charge in [-0.1, -0.05) is 30.3 Å². The minimum Gasteiger partial charge on any atom is -0.350 e. The lowest BCUT2D eigenvalue weighted by Crippen LogP contribution is -2.42. The smallest absolute Gasteiger partial charge is 0.242 e. The maximum Gasteiger partial charge on any atom is 0.242 e. The van der Waals surface area contributed by atoms with Crippen LogP contribution in [0.4, 0.5) is 0 Å². The van der Waals surface area contributed by atoms with Gasteiger partial charge in [-0.2, -0.15) is 0 Å². The van der Waals surface area contributed by atoms with E-state index < -0.39 is 5.38 Å². The molecule has 0 aliphatic carbocycles. The molecule has 1 atom stereocenters. The van der Waals surface area contributed by atoms with Crippen molar-refractivity contribution in [2.75, 3.05) is 0 Å². The lowest BCUT2D eigenvalue weighted by molar-refractivity contribution is -0.122. The zero-order chi connectivity index (χ0) is 11.5. The van der Waals surface area contributed by atoms with Crippen LogP contribution in [-0.2, 0) is 4.79 Å². The van der Waals surface area contributed by atoms with Crippen molar-refractivity contribution in [3.8, 4) is 0 Å². The fourth-order valence-corrected chi connectivity index (χ4v) is 1.41. The Kier molecular flexibility index (Phi) is 3.75. The Morgan fingerprint density at radius 1 is 1.27 bits per heavy atom. The first-order chi connectivity index (χ1) is 6.90. The quantitative estimate of drug-likeness (QED) is 0.771. The van der Waals surface area contributed by atoms with Gasteiger partial charge in [-0.3, -0.25) is 4.79 Å². The van der Waals surface area contributed by atoms with Crippen LogP contribution in [-0.4, -0.2) is 11.4 Å². The van der Waals surface area contributed by atoms with Gasteiger partial charge in [-0.25, -0.2) is 0 Å². The second-order valence-corrected chi connectivity index (χ2v) is 4.95. The SMILES string of the molecule is CC(C)(C)NC(=O)[C@@H](Cl)c1ccccc1. The van der Waals surface area contributed by atoms with Crippen LogP contribution in [0.5, 0.6) is 0 Å². The molecule has 0 aliphatic rings. The fraction of sp³-hybridized carbons (Fsp3) is 0.417. The van der Waals surface area contributed by atoms with Gasteiger partial charge in [0.25, 0.3) is 0 Å². The Labute approximate surface area is 95.6 Å². The van der Waals surface area contributed by atoms with Crippen molar-refractivity contribution in [1.29, 1.82) is 0 Å². The lowest BCUT2D eigenvalue weighted by atomic mass is 10.1. The van der Waals surface area contributed by atoms with Crippen LogP contribution >= 0.6 is 11.6 Å². The zero-order valence-corrected chi connectivity index (χ0v) is 10.0. The molecule has 0 saturated heterocycles. The molecule has 0 fully saturated rings. The van der Waals surface area contributed by atoms with Gasteiger partial charge in [-0.15, -0.1) is 11.6 Å². The van der Waals surface area contributed by atoms with Crippen molar-refractivity contribution < 1.29 is 4.79 Å². The summed E-state index contributed by atoms with van der Waals surface area (Å²) >= 11 is 6.05. The average Bonchev–Trinajstić information content (AvgIpc) is 2.15. The molecular weight excluding hydrogens is 210 g/mol. The third-order valence-electron chi connectivity index (χ3n) is 1.82. The number of amides is 1. The van der Waals surface area contributed by atoms with Crippen LogP contribution in [0.2, 0.25) is 0 Å². The first kappa shape index (κ1) is 12.1. The summed E-state index contributed by atoms with van der Waals surface area (Å²) < 4.78 is 0. The van der Waals surface area contributed by atoms with E-state index in [2.05, 4.69) is 5.32 Å². The molecule has 1 aromatic carbocycles. The number of hydrogen-bond acceptors (Lipinski definition) is 1. The maximum absolute atomic E-state index is 11.7. The van der Waals surface area contributed by atoms with Gasteiger partial charge < -0.3 is 5.32 Å². The highest BCUT2D eigenvalue weighted by Crippen LogP contribution is 2.20. The molecule has 1 rings (SSSR count). The first-order valence-corrected chi connectivity index (χ1v) is 5.35. The van der Waals surface area contributed by atoms with Gasteiger partial charge >= 0.3 is 0 Å². The highest BCUT2D eigenvalue weighted by atomic mass is 35.5. The lowest BCUT2D eigenvalue weighted by Gasteiger charge is -2.22. The molecule has 0 bridgehead atoms. The number of nitrogens with one attached hydrogen (secondary N) is 1. The molecular formula is C12H16ClNO. The summed E-state index contributed by atoms with van der Waals surface area (Å²) in [6, 6.07) is 9.33. The standard InChI is InChI=1S/C12H16ClNO/c1-12(2,3)14-11(15)10(13)9-7-5-4-6-8-9/h4-8,10H,1-3H3,(H,14,15)/t10-/m0/s1. The number of rotatable bonds is 2. The van der Waals surface area contributed by atoms with E-state index in [1.807, 2.05) is 51.1 Å². The van der Waals surface area contributed by atoms with Gasteiger partial charge in [0, 0.05) is 5.54 Å². The monoisotopic (exact) mass is 225 g/mol. The van der Waals surface area contributed by atoms with E-state index in [0.717, 1.165) is 5.56 Å². The van der Waals surface area contributed by atoms with Crippen LogP contribution < -0.4 is 5.32 Å². The van der Waals surface area contributed by atoms with Crippen molar-refractivity contribution >= 4 is 17.5 Å². The third kappa shape index (κ3) is 3.92. The summed E-state index contributed by atoms with van der Waals surface area (Å²) in [5.41, 5.74) is 0.569. The molecule has 3 heteroatoms. The van der Waals surface area contributed by atoms with Gasteiger partial charge in [-0.05, 0) is 26.3 Å². The number of alkyl halides is 1. The normalized spacial score (nSPS) is 13.3. The summed E-state index contributed by atoms with van der Waals surface area (Å²) in [6.45, 7) is 5.79. The van der Waals surface area contributed by atoms with Crippen molar-refractivity contribution in [3.63, 3.8) is 0 Å². The molecule has 0 aromatic heterocycles. The summed E-state index contributed by atoms with van der Waals surface area (Å²) in [5.74, 6) is -0.157. The van der Waals surface area contributed by atoms with E-state index in [-0.39, 0.29) is 11.4 Å². The summed E-state index contributed by atoms with van der Waals surface area (Å²) in [5, 5.41) is 2.23. The van der Waals surface area contributed by atoms with Gasteiger partial charge in [0.1, 0.15) is 5.38 Å².